The molecule has 19 heavy (non-hydrogen) atoms. The Labute approximate surface area is 121 Å². The van der Waals surface area contributed by atoms with Crippen LogP contribution in [0.2, 0.25) is 0 Å². The zero-order chi connectivity index (χ0) is 14.2. The van der Waals surface area contributed by atoms with Crippen molar-refractivity contribution >= 4 is 26.0 Å². The summed E-state index contributed by atoms with van der Waals surface area (Å²) in [4.78, 5) is -0.0160. The molecular formula is C12H16BrFN2O2S. The molecule has 2 N–H and O–H groups in total. The summed E-state index contributed by atoms with van der Waals surface area (Å²) >= 11 is 3.01. The molecule has 1 saturated heterocycles. The van der Waals surface area contributed by atoms with Gasteiger partial charge in [-0.3, -0.25) is 0 Å². The van der Waals surface area contributed by atoms with Crippen LogP contribution in [0.15, 0.2) is 27.6 Å². The van der Waals surface area contributed by atoms with Gasteiger partial charge in [0.05, 0.1) is 9.37 Å². The molecule has 0 aromatic heterocycles. The molecule has 0 aliphatic carbocycles. The van der Waals surface area contributed by atoms with Crippen LogP contribution in [0.4, 0.5) is 4.39 Å². The minimum atomic E-state index is -3.65. The summed E-state index contributed by atoms with van der Waals surface area (Å²) in [6, 6.07) is 3.75. The first kappa shape index (κ1) is 14.9. The van der Waals surface area contributed by atoms with E-state index in [1.807, 2.05) is 6.92 Å². The van der Waals surface area contributed by atoms with Crippen molar-refractivity contribution in [3.05, 3.63) is 28.5 Å². The SMILES string of the molecule is CC1CC(CN)CN1S(=O)(=O)c1ccc(Br)c(F)c1. The highest BCUT2D eigenvalue weighted by Gasteiger charge is 2.37. The van der Waals surface area contributed by atoms with E-state index in [-0.39, 0.29) is 21.3 Å². The Bertz CT molecular complexity index is 579. The van der Waals surface area contributed by atoms with E-state index in [1.54, 1.807) is 0 Å². The van der Waals surface area contributed by atoms with E-state index in [1.165, 1.54) is 16.4 Å². The van der Waals surface area contributed by atoms with E-state index < -0.39 is 15.8 Å². The molecule has 2 atom stereocenters. The summed E-state index contributed by atoms with van der Waals surface area (Å²) in [5, 5.41) is 0. The third-order valence-electron chi connectivity index (χ3n) is 3.44. The number of halogens is 2. The van der Waals surface area contributed by atoms with Gasteiger partial charge in [0.25, 0.3) is 0 Å². The van der Waals surface area contributed by atoms with Crippen LogP contribution in [0.1, 0.15) is 13.3 Å². The Morgan fingerprint density at radius 1 is 1.53 bits per heavy atom. The van der Waals surface area contributed by atoms with Crippen molar-refractivity contribution in [1.82, 2.24) is 4.31 Å². The summed E-state index contributed by atoms with van der Waals surface area (Å²) in [6.45, 7) is 2.71. The monoisotopic (exact) mass is 350 g/mol. The van der Waals surface area contributed by atoms with E-state index in [2.05, 4.69) is 15.9 Å². The molecule has 4 nitrogen and oxygen atoms in total. The average Bonchev–Trinajstić information content (AvgIpc) is 2.74. The van der Waals surface area contributed by atoms with Crippen molar-refractivity contribution in [2.24, 2.45) is 11.7 Å². The van der Waals surface area contributed by atoms with E-state index in [0.29, 0.717) is 13.1 Å². The summed E-state index contributed by atoms with van der Waals surface area (Å²) in [7, 11) is -3.65. The van der Waals surface area contributed by atoms with Crippen LogP contribution in [-0.2, 0) is 10.0 Å². The Morgan fingerprint density at radius 3 is 2.74 bits per heavy atom. The first-order valence-electron chi connectivity index (χ1n) is 6.03. The van der Waals surface area contributed by atoms with Crippen LogP contribution in [-0.4, -0.2) is 31.9 Å². The molecule has 1 fully saturated rings. The van der Waals surface area contributed by atoms with Crippen LogP contribution in [0.5, 0.6) is 0 Å². The fourth-order valence-electron chi connectivity index (χ4n) is 2.39. The second-order valence-corrected chi connectivity index (χ2v) is 7.58. The lowest BCUT2D eigenvalue weighted by molar-refractivity contribution is 0.404. The van der Waals surface area contributed by atoms with Gasteiger partial charge in [0.2, 0.25) is 10.0 Å². The van der Waals surface area contributed by atoms with Crippen LogP contribution < -0.4 is 5.73 Å². The van der Waals surface area contributed by atoms with Crippen molar-refractivity contribution in [3.63, 3.8) is 0 Å². The second kappa shape index (κ2) is 5.47. The van der Waals surface area contributed by atoms with E-state index >= 15 is 0 Å². The van der Waals surface area contributed by atoms with Crippen LogP contribution in [0.25, 0.3) is 0 Å². The summed E-state index contributed by atoms with van der Waals surface area (Å²) in [5.41, 5.74) is 5.60. The molecule has 1 aromatic carbocycles. The van der Waals surface area contributed by atoms with Crippen molar-refractivity contribution in [2.75, 3.05) is 13.1 Å². The highest BCUT2D eigenvalue weighted by atomic mass is 79.9. The standard InChI is InChI=1S/C12H16BrFN2O2S/c1-8-4-9(6-15)7-16(8)19(17,18)10-2-3-11(13)12(14)5-10/h2-3,5,8-9H,4,6-7,15H2,1H3. The Morgan fingerprint density at radius 2 is 2.21 bits per heavy atom. The summed E-state index contributed by atoms with van der Waals surface area (Å²) in [5.74, 6) is -0.409. The van der Waals surface area contributed by atoms with Gasteiger partial charge >= 0.3 is 0 Å². The van der Waals surface area contributed by atoms with E-state index in [4.69, 9.17) is 5.73 Å². The summed E-state index contributed by atoms with van der Waals surface area (Å²) < 4.78 is 40.1. The lowest BCUT2D eigenvalue weighted by Crippen LogP contribution is -2.34. The molecule has 106 valence electrons. The first-order chi connectivity index (χ1) is 8.86. The fraction of sp³-hybridized carbons (Fsp3) is 0.500. The van der Waals surface area contributed by atoms with Gasteiger partial charge in [0.15, 0.2) is 0 Å². The molecule has 2 unspecified atom stereocenters. The highest BCUT2D eigenvalue weighted by molar-refractivity contribution is 9.10. The highest BCUT2D eigenvalue weighted by Crippen LogP contribution is 2.30. The predicted molar refractivity (Wildman–Crippen MR) is 74.6 cm³/mol. The molecule has 0 spiro atoms. The molecule has 1 aromatic rings. The molecule has 1 heterocycles. The quantitative estimate of drug-likeness (QED) is 0.905. The number of nitrogens with zero attached hydrogens (tertiary/aromatic N) is 1. The zero-order valence-electron chi connectivity index (χ0n) is 10.5. The van der Waals surface area contributed by atoms with Gasteiger partial charge in [0, 0.05) is 12.6 Å². The number of rotatable bonds is 3. The van der Waals surface area contributed by atoms with Gasteiger partial charge in [-0.25, -0.2) is 12.8 Å². The smallest absolute Gasteiger partial charge is 0.243 e. The van der Waals surface area contributed by atoms with Gasteiger partial charge in [-0.1, -0.05) is 0 Å². The maximum absolute atomic E-state index is 13.5. The maximum Gasteiger partial charge on any atom is 0.243 e. The van der Waals surface area contributed by atoms with Gasteiger partial charge in [-0.15, -0.1) is 0 Å². The number of nitrogens with two attached hydrogens (primary N) is 1. The Balaban J connectivity index is 2.34. The summed E-state index contributed by atoms with van der Waals surface area (Å²) in [6.07, 6.45) is 0.745. The van der Waals surface area contributed by atoms with Crippen LogP contribution in [0, 0.1) is 11.7 Å². The molecule has 2 rings (SSSR count). The van der Waals surface area contributed by atoms with Crippen molar-refractivity contribution in [1.29, 1.82) is 0 Å². The normalized spacial score (nSPS) is 24.8. The Kier molecular flexibility index (Phi) is 4.29. The fourth-order valence-corrected chi connectivity index (χ4v) is 4.36. The first-order valence-corrected chi connectivity index (χ1v) is 8.26. The topological polar surface area (TPSA) is 63.4 Å². The van der Waals surface area contributed by atoms with Gasteiger partial charge < -0.3 is 5.73 Å². The zero-order valence-corrected chi connectivity index (χ0v) is 12.9. The van der Waals surface area contributed by atoms with Crippen LogP contribution in [0.3, 0.4) is 0 Å². The molecule has 0 saturated carbocycles. The number of sulfonamides is 1. The largest absolute Gasteiger partial charge is 0.330 e. The third kappa shape index (κ3) is 2.84. The molecular weight excluding hydrogens is 335 g/mol. The van der Waals surface area contributed by atoms with Gasteiger partial charge in [-0.2, -0.15) is 4.31 Å². The second-order valence-electron chi connectivity index (χ2n) is 4.84. The molecule has 1 aliphatic heterocycles. The van der Waals surface area contributed by atoms with E-state index in [0.717, 1.165) is 12.5 Å². The predicted octanol–water partition coefficient (Wildman–Crippen LogP) is 1.95. The Hall–Kier alpha value is -0.500. The molecule has 7 heteroatoms. The van der Waals surface area contributed by atoms with Gasteiger partial charge in [-0.05, 0) is 59.9 Å². The maximum atomic E-state index is 13.5. The van der Waals surface area contributed by atoms with Crippen LogP contribution >= 0.6 is 15.9 Å². The molecule has 0 radical (unpaired) electrons. The minimum Gasteiger partial charge on any atom is -0.330 e. The minimum absolute atomic E-state index is 0.0160. The number of benzene rings is 1. The lowest BCUT2D eigenvalue weighted by atomic mass is 10.1. The van der Waals surface area contributed by atoms with Crippen molar-refractivity contribution < 1.29 is 12.8 Å². The third-order valence-corrected chi connectivity index (χ3v) is 6.05. The van der Waals surface area contributed by atoms with E-state index in [9.17, 15) is 12.8 Å². The van der Waals surface area contributed by atoms with Crippen molar-refractivity contribution in [3.8, 4) is 0 Å². The lowest BCUT2D eigenvalue weighted by Gasteiger charge is -2.21. The molecule has 1 aliphatic rings. The van der Waals surface area contributed by atoms with Crippen molar-refractivity contribution in [2.45, 2.75) is 24.3 Å². The molecule has 0 bridgehead atoms. The number of hydrogen-bond donors (Lipinski definition) is 1. The van der Waals surface area contributed by atoms with Gasteiger partial charge in [0.1, 0.15) is 5.82 Å². The number of hydrogen-bond acceptors (Lipinski definition) is 3. The average molecular weight is 351 g/mol. The molecule has 0 amide bonds.